The Balaban J connectivity index is 0.00000133. The van der Waals surface area contributed by atoms with Crippen LogP contribution in [-0.4, -0.2) is 23.0 Å². The number of likely N-dealkylation sites (tertiary alicyclic amines) is 1. The topological polar surface area (TPSA) is 42.1 Å². The standard InChI is InChI=1S/C14H23N3S.ClH/c15-13-16-10-12(18-13)11-17-8-6-14(7-9-17)4-2-1-3-5-14;/h10H,1-9,11H2,(H2,15,16);1H. The molecule has 5 heteroatoms. The highest BCUT2D eigenvalue weighted by atomic mass is 35.5. The molecule has 108 valence electrons. The molecule has 3 nitrogen and oxygen atoms in total. The highest BCUT2D eigenvalue weighted by Gasteiger charge is 2.35. The normalized spacial score (nSPS) is 23.2. The molecule has 0 atom stereocenters. The van der Waals surface area contributed by atoms with Gasteiger partial charge in [0.1, 0.15) is 0 Å². The molecule has 1 aromatic rings. The summed E-state index contributed by atoms with van der Waals surface area (Å²) in [6.45, 7) is 3.57. The predicted octanol–water partition coefficient (Wildman–Crippen LogP) is 3.69. The average molecular weight is 302 g/mol. The van der Waals surface area contributed by atoms with E-state index in [-0.39, 0.29) is 12.4 Å². The van der Waals surface area contributed by atoms with Gasteiger partial charge in [-0.15, -0.1) is 23.7 Å². The van der Waals surface area contributed by atoms with E-state index in [1.807, 2.05) is 6.20 Å². The van der Waals surface area contributed by atoms with E-state index in [0.29, 0.717) is 10.5 Å². The molecule has 0 amide bonds. The van der Waals surface area contributed by atoms with E-state index in [1.54, 1.807) is 11.3 Å². The van der Waals surface area contributed by atoms with Gasteiger partial charge in [0.15, 0.2) is 5.13 Å². The summed E-state index contributed by atoms with van der Waals surface area (Å²) in [6, 6.07) is 0. The van der Waals surface area contributed by atoms with Crippen molar-refractivity contribution in [2.24, 2.45) is 5.41 Å². The monoisotopic (exact) mass is 301 g/mol. The Hall–Kier alpha value is -0.320. The zero-order chi connectivity index (χ0) is 12.4. The van der Waals surface area contributed by atoms with E-state index in [1.165, 1.54) is 62.9 Å². The summed E-state index contributed by atoms with van der Waals surface area (Å²) in [5.41, 5.74) is 6.39. The SMILES string of the molecule is Cl.Nc1ncc(CN2CCC3(CCCCC3)CC2)s1. The highest BCUT2D eigenvalue weighted by molar-refractivity contribution is 7.15. The first-order valence-electron chi connectivity index (χ1n) is 7.18. The van der Waals surface area contributed by atoms with Crippen LogP contribution < -0.4 is 5.73 Å². The highest BCUT2D eigenvalue weighted by Crippen LogP contribution is 2.44. The number of rotatable bonds is 2. The van der Waals surface area contributed by atoms with Crippen LogP contribution in [0.4, 0.5) is 5.13 Å². The summed E-state index contributed by atoms with van der Waals surface area (Å²) in [7, 11) is 0. The van der Waals surface area contributed by atoms with Crippen LogP contribution in [0.2, 0.25) is 0 Å². The summed E-state index contributed by atoms with van der Waals surface area (Å²) in [5.74, 6) is 0. The number of nitrogens with two attached hydrogens (primary N) is 1. The summed E-state index contributed by atoms with van der Waals surface area (Å²) in [6.07, 6.45) is 12.1. The van der Waals surface area contributed by atoms with E-state index in [0.717, 1.165) is 6.54 Å². The number of nitrogens with zero attached hydrogens (tertiary/aromatic N) is 2. The molecular weight excluding hydrogens is 278 g/mol. The third-order valence-corrected chi connectivity index (χ3v) is 5.59. The minimum atomic E-state index is 0. The Labute approximate surface area is 126 Å². The number of thiazole rings is 1. The van der Waals surface area contributed by atoms with Crippen LogP contribution in [0.1, 0.15) is 49.8 Å². The van der Waals surface area contributed by atoms with Crippen molar-refractivity contribution in [3.05, 3.63) is 11.1 Å². The van der Waals surface area contributed by atoms with E-state index in [2.05, 4.69) is 9.88 Å². The van der Waals surface area contributed by atoms with Crippen molar-refractivity contribution in [1.82, 2.24) is 9.88 Å². The van der Waals surface area contributed by atoms with Gasteiger partial charge in [-0.05, 0) is 44.2 Å². The van der Waals surface area contributed by atoms with Crippen molar-refractivity contribution in [3.63, 3.8) is 0 Å². The second kappa shape index (κ2) is 6.42. The molecule has 19 heavy (non-hydrogen) atoms. The quantitative estimate of drug-likeness (QED) is 0.906. The van der Waals surface area contributed by atoms with Gasteiger partial charge < -0.3 is 5.73 Å². The third kappa shape index (κ3) is 3.61. The third-order valence-electron chi connectivity index (χ3n) is 4.78. The lowest BCUT2D eigenvalue weighted by Crippen LogP contribution is -2.40. The van der Waals surface area contributed by atoms with Gasteiger partial charge in [0, 0.05) is 17.6 Å². The van der Waals surface area contributed by atoms with Crippen LogP contribution >= 0.6 is 23.7 Å². The lowest BCUT2D eigenvalue weighted by atomic mass is 9.68. The van der Waals surface area contributed by atoms with Gasteiger partial charge in [-0.2, -0.15) is 0 Å². The van der Waals surface area contributed by atoms with Gasteiger partial charge in [-0.3, -0.25) is 4.90 Å². The van der Waals surface area contributed by atoms with E-state index >= 15 is 0 Å². The Morgan fingerprint density at radius 2 is 1.84 bits per heavy atom. The molecule has 1 aliphatic heterocycles. The van der Waals surface area contributed by atoms with Crippen LogP contribution in [0.3, 0.4) is 0 Å². The Kier molecular flexibility index (Phi) is 5.09. The maximum absolute atomic E-state index is 5.68. The summed E-state index contributed by atoms with van der Waals surface area (Å²) < 4.78 is 0. The molecule has 1 aromatic heterocycles. The number of hydrogen-bond donors (Lipinski definition) is 1. The molecule has 2 fully saturated rings. The zero-order valence-corrected chi connectivity index (χ0v) is 13.1. The predicted molar refractivity (Wildman–Crippen MR) is 83.8 cm³/mol. The fraction of sp³-hybridized carbons (Fsp3) is 0.786. The summed E-state index contributed by atoms with van der Waals surface area (Å²) in [4.78, 5) is 8.02. The van der Waals surface area contributed by atoms with Crippen molar-refractivity contribution < 1.29 is 0 Å². The first-order valence-corrected chi connectivity index (χ1v) is 8.00. The molecule has 2 heterocycles. The smallest absolute Gasteiger partial charge is 0.180 e. The molecule has 1 saturated carbocycles. The largest absolute Gasteiger partial charge is 0.375 e. The molecule has 0 bridgehead atoms. The average Bonchev–Trinajstić information content (AvgIpc) is 2.79. The molecular formula is C14H24ClN3S. The molecule has 0 radical (unpaired) electrons. The minimum Gasteiger partial charge on any atom is -0.375 e. The first-order chi connectivity index (χ1) is 8.76. The summed E-state index contributed by atoms with van der Waals surface area (Å²) in [5, 5.41) is 0.700. The van der Waals surface area contributed by atoms with Crippen molar-refractivity contribution in [1.29, 1.82) is 0 Å². The Morgan fingerprint density at radius 3 is 2.42 bits per heavy atom. The lowest BCUT2D eigenvalue weighted by molar-refractivity contribution is 0.0646. The first kappa shape index (κ1) is 15.1. The molecule has 0 unspecified atom stereocenters. The molecule has 1 saturated heterocycles. The minimum absolute atomic E-state index is 0. The van der Waals surface area contributed by atoms with Crippen LogP contribution in [-0.2, 0) is 6.54 Å². The molecule has 3 rings (SSSR count). The fourth-order valence-electron chi connectivity index (χ4n) is 3.60. The molecule has 2 aliphatic rings. The maximum atomic E-state index is 5.68. The van der Waals surface area contributed by atoms with Crippen LogP contribution in [0, 0.1) is 5.41 Å². The number of halogens is 1. The Bertz CT molecular complexity index is 391. The van der Waals surface area contributed by atoms with Gasteiger partial charge in [0.2, 0.25) is 0 Å². The van der Waals surface area contributed by atoms with Crippen molar-refractivity contribution >= 4 is 28.9 Å². The van der Waals surface area contributed by atoms with E-state index in [4.69, 9.17) is 5.73 Å². The maximum Gasteiger partial charge on any atom is 0.180 e. The Morgan fingerprint density at radius 1 is 1.16 bits per heavy atom. The van der Waals surface area contributed by atoms with Gasteiger partial charge in [-0.25, -0.2) is 4.98 Å². The lowest BCUT2D eigenvalue weighted by Gasteiger charge is -2.44. The molecule has 0 aromatic carbocycles. The van der Waals surface area contributed by atoms with Gasteiger partial charge in [0.25, 0.3) is 0 Å². The van der Waals surface area contributed by atoms with Crippen molar-refractivity contribution in [2.45, 2.75) is 51.5 Å². The molecule has 1 spiro atoms. The van der Waals surface area contributed by atoms with Crippen LogP contribution in [0.25, 0.3) is 0 Å². The van der Waals surface area contributed by atoms with E-state index < -0.39 is 0 Å². The van der Waals surface area contributed by atoms with Gasteiger partial charge >= 0.3 is 0 Å². The van der Waals surface area contributed by atoms with Crippen LogP contribution in [0.5, 0.6) is 0 Å². The number of anilines is 1. The van der Waals surface area contributed by atoms with Crippen LogP contribution in [0.15, 0.2) is 6.20 Å². The summed E-state index contributed by atoms with van der Waals surface area (Å²) >= 11 is 1.63. The van der Waals surface area contributed by atoms with Gasteiger partial charge in [-0.1, -0.05) is 19.3 Å². The number of hydrogen-bond acceptors (Lipinski definition) is 4. The second-order valence-corrected chi connectivity index (χ2v) is 7.15. The zero-order valence-electron chi connectivity index (χ0n) is 11.4. The van der Waals surface area contributed by atoms with Gasteiger partial charge in [0.05, 0.1) is 0 Å². The molecule has 2 N–H and O–H groups in total. The van der Waals surface area contributed by atoms with Crippen molar-refractivity contribution in [2.75, 3.05) is 18.8 Å². The number of piperidine rings is 1. The van der Waals surface area contributed by atoms with Crippen molar-refractivity contribution in [3.8, 4) is 0 Å². The fourth-order valence-corrected chi connectivity index (χ4v) is 4.33. The molecule has 1 aliphatic carbocycles. The second-order valence-electron chi connectivity index (χ2n) is 6.00. The van der Waals surface area contributed by atoms with E-state index in [9.17, 15) is 0 Å². The number of nitrogen functional groups attached to an aromatic ring is 1. The number of aromatic nitrogens is 1.